The number of amides is 2. The Morgan fingerprint density at radius 1 is 1.33 bits per heavy atom. The number of aryl methyl sites for hydroxylation is 1. The molecule has 2 aromatic rings. The van der Waals surface area contributed by atoms with Gasteiger partial charge in [-0.3, -0.25) is 14.8 Å². The van der Waals surface area contributed by atoms with E-state index < -0.39 is 5.91 Å². The maximum Gasteiger partial charge on any atom is 0.287 e. The molecule has 2 atom stereocenters. The van der Waals surface area contributed by atoms with E-state index in [0.717, 1.165) is 10.9 Å². The molecule has 0 aliphatic carbocycles. The molecular formula is C17H18N2O4S. The molecule has 3 N–H and O–H groups in total. The predicted octanol–water partition coefficient (Wildman–Crippen LogP) is 2.75. The molecule has 0 saturated carbocycles. The summed E-state index contributed by atoms with van der Waals surface area (Å²) in [5.74, 6) is -0.474. The lowest BCUT2D eigenvalue weighted by Gasteiger charge is -2.19. The summed E-state index contributed by atoms with van der Waals surface area (Å²) in [7, 11) is 0. The van der Waals surface area contributed by atoms with Gasteiger partial charge in [0.05, 0.1) is 4.91 Å². The molecular weight excluding hydrogens is 328 g/mol. The van der Waals surface area contributed by atoms with Gasteiger partial charge in [-0.2, -0.15) is 0 Å². The van der Waals surface area contributed by atoms with Crippen LogP contribution in [0.3, 0.4) is 0 Å². The van der Waals surface area contributed by atoms with Gasteiger partial charge in [0.15, 0.2) is 5.76 Å². The fraction of sp³-hybridized carbons (Fsp3) is 0.294. The van der Waals surface area contributed by atoms with Gasteiger partial charge in [0, 0.05) is 22.2 Å². The van der Waals surface area contributed by atoms with Crippen molar-refractivity contribution in [3.05, 3.63) is 46.6 Å². The second-order valence-corrected chi connectivity index (χ2v) is 7.00. The number of benzene rings is 1. The van der Waals surface area contributed by atoms with Gasteiger partial charge in [0.25, 0.3) is 11.8 Å². The Morgan fingerprint density at radius 3 is 2.79 bits per heavy atom. The second kappa shape index (κ2) is 6.70. The Labute approximate surface area is 143 Å². The lowest BCUT2D eigenvalue weighted by Crippen LogP contribution is -2.39. The van der Waals surface area contributed by atoms with Gasteiger partial charge < -0.3 is 9.73 Å². The number of fused-ring (bicyclic) bond motifs is 1. The monoisotopic (exact) mass is 346 g/mol. The maximum absolute atomic E-state index is 12.5. The van der Waals surface area contributed by atoms with Crippen molar-refractivity contribution in [3.8, 4) is 0 Å². The van der Waals surface area contributed by atoms with Gasteiger partial charge in [-0.15, -0.1) is 11.8 Å². The van der Waals surface area contributed by atoms with Gasteiger partial charge in [0.2, 0.25) is 0 Å². The first-order valence-electron chi connectivity index (χ1n) is 7.61. The molecule has 1 aromatic carbocycles. The minimum atomic E-state index is -0.519. The van der Waals surface area contributed by atoms with E-state index in [9.17, 15) is 9.59 Å². The minimum Gasteiger partial charge on any atom is -0.451 e. The van der Waals surface area contributed by atoms with E-state index in [1.165, 1.54) is 11.8 Å². The standard InChI is InChI=1S/C17H18N2O4S/c1-9-11-5-3-4-6-12(11)23-15(9)17(21)18-10(2)13-7-8-14(24-13)16(20)19-22/h3-6,8,10,13,22H,7H2,1-2H3,(H,18,21)(H,19,20)/t10-,13?/m1/s1. The summed E-state index contributed by atoms with van der Waals surface area (Å²) < 4.78 is 5.67. The van der Waals surface area contributed by atoms with Crippen molar-refractivity contribution >= 4 is 34.5 Å². The topological polar surface area (TPSA) is 91.6 Å². The third-order valence-electron chi connectivity index (χ3n) is 4.11. The average Bonchev–Trinajstić information content (AvgIpc) is 3.20. The molecule has 3 rings (SSSR count). The molecule has 126 valence electrons. The summed E-state index contributed by atoms with van der Waals surface area (Å²) in [4.78, 5) is 24.4. The van der Waals surface area contributed by atoms with Gasteiger partial charge in [-0.25, -0.2) is 5.48 Å². The van der Waals surface area contributed by atoms with E-state index in [1.54, 1.807) is 11.6 Å². The summed E-state index contributed by atoms with van der Waals surface area (Å²) in [6.07, 6.45) is 2.41. The highest BCUT2D eigenvalue weighted by molar-refractivity contribution is 8.04. The number of hydrogen-bond acceptors (Lipinski definition) is 5. The van der Waals surface area contributed by atoms with E-state index >= 15 is 0 Å². The van der Waals surface area contributed by atoms with Crippen molar-refractivity contribution in [2.24, 2.45) is 0 Å². The van der Waals surface area contributed by atoms with Crippen LogP contribution < -0.4 is 10.8 Å². The first kappa shape index (κ1) is 16.6. The summed E-state index contributed by atoms with van der Waals surface area (Å²) in [5, 5.41) is 12.6. The molecule has 7 heteroatoms. The first-order valence-corrected chi connectivity index (χ1v) is 8.49. The zero-order valence-corrected chi connectivity index (χ0v) is 14.1. The number of rotatable bonds is 4. The number of hydroxylamine groups is 1. The number of carbonyl (C=O) groups excluding carboxylic acids is 2. The molecule has 24 heavy (non-hydrogen) atoms. The van der Waals surface area contributed by atoms with Crippen molar-refractivity contribution in [2.45, 2.75) is 31.6 Å². The minimum absolute atomic E-state index is 0.0333. The van der Waals surface area contributed by atoms with Crippen LogP contribution in [0.25, 0.3) is 11.0 Å². The average molecular weight is 346 g/mol. The van der Waals surface area contributed by atoms with E-state index in [4.69, 9.17) is 9.62 Å². The van der Waals surface area contributed by atoms with Crippen LogP contribution in [-0.4, -0.2) is 28.3 Å². The molecule has 6 nitrogen and oxygen atoms in total. The molecule has 0 bridgehead atoms. The van der Waals surface area contributed by atoms with Crippen LogP contribution in [0.4, 0.5) is 0 Å². The smallest absolute Gasteiger partial charge is 0.287 e. The van der Waals surface area contributed by atoms with Crippen molar-refractivity contribution in [1.29, 1.82) is 0 Å². The quantitative estimate of drug-likeness (QED) is 0.585. The molecule has 1 unspecified atom stereocenters. The number of furan rings is 1. The Morgan fingerprint density at radius 2 is 2.08 bits per heavy atom. The molecule has 0 fully saturated rings. The van der Waals surface area contributed by atoms with Crippen LogP contribution in [0, 0.1) is 6.92 Å². The van der Waals surface area contributed by atoms with Crippen LogP contribution in [0.1, 0.15) is 29.5 Å². The van der Waals surface area contributed by atoms with Gasteiger partial charge >= 0.3 is 0 Å². The van der Waals surface area contributed by atoms with E-state index in [1.807, 2.05) is 38.1 Å². The molecule has 0 radical (unpaired) electrons. The third kappa shape index (κ3) is 3.05. The zero-order valence-electron chi connectivity index (χ0n) is 13.3. The van der Waals surface area contributed by atoms with Gasteiger partial charge in [0.1, 0.15) is 5.58 Å². The Balaban J connectivity index is 1.68. The third-order valence-corrected chi connectivity index (χ3v) is 5.62. The Bertz CT molecular complexity index is 827. The predicted molar refractivity (Wildman–Crippen MR) is 91.9 cm³/mol. The van der Waals surface area contributed by atoms with Crippen LogP contribution in [0.2, 0.25) is 0 Å². The highest BCUT2D eigenvalue weighted by Crippen LogP contribution is 2.34. The highest BCUT2D eigenvalue weighted by Gasteiger charge is 2.29. The van der Waals surface area contributed by atoms with Crippen molar-refractivity contribution < 1.29 is 19.2 Å². The molecule has 0 spiro atoms. The fourth-order valence-electron chi connectivity index (χ4n) is 2.75. The van der Waals surface area contributed by atoms with Crippen molar-refractivity contribution in [2.75, 3.05) is 0 Å². The van der Waals surface area contributed by atoms with E-state index in [-0.39, 0.29) is 17.2 Å². The molecule has 1 aromatic heterocycles. The van der Waals surface area contributed by atoms with Crippen LogP contribution >= 0.6 is 11.8 Å². The number of hydrogen-bond donors (Lipinski definition) is 3. The fourth-order valence-corrected chi connectivity index (χ4v) is 3.88. The molecule has 1 aliphatic rings. The second-order valence-electron chi connectivity index (χ2n) is 5.72. The number of para-hydroxylation sites is 1. The summed E-state index contributed by atoms with van der Waals surface area (Å²) in [6.45, 7) is 3.75. The first-order chi connectivity index (χ1) is 11.5. The van der Waals surface area contributed by atoms with E-state index in [0.29, 0.717) is 22.7 Å². The SMILES string of the molecule is Cc1c(C(=O)N[C@H](C)C2CC=C(C(=O)NO)S2)oc2ccccc12. The largest absolute Gasteiger partial charge is 0.451 e. The summed E-state index contributed by atoms with van der Waals surface area (Å²) in [6, 6.07) is 7.37. The normalized spacial score (nSPS) is 18.3. The number of allylic oxidation sites excluding steroid dienone is 1. The van der Waals surface area contributed by atoms with Gasteiger partial charge in [-0.1, -0.05) is 24.3 Å². The Kier molecular flexibility index (Phi) is 4.64. The zero-order chi connectivity index (χ0) is 17.3. The van der Waals surface area contributed by atoms with Crippen LogP contribution in [-0.2, 0) is 4.79 Å². The van der Waals surface area contributed by atoms with Crippen LogP contribution in [0.5, 0.6) is 0 Å². The van der Waals surface area contributed by atoms with Crippen molar-refractivity contribution in [1.82, 2.24) is 10.8 Å². The van der Waals surface area contributed by atoms with E-state index in [2.05, 4.69) is 5.32 Å². The molecule has 2 heterocycles. The van der Waals surface area contributed by atoms with Crippen molar-refractivity contribution in [3.63, 3.8) is 0 Å². The number of thioether (sulfide) groups is 1. The molecule has 1 aliphatic heterocycles. The highest BCUT2D eigenvalue weighted by atomic mass is 32.2. The maximum atomic E-state index is 12.5. The van der Waals surface area contributed by atoms with Gasteiger partial charge in [-0.05, 0) is 26.3 Å². The lowest BCUT2D eigenvalue weighted by atomic mass is 10.1. The number of nitrogens with one attached hydrogen (secondary N) is 2. The number of carbonyl (C=O) groups is 2. The summed E-state index contributed by atoms with van der Waals surface area (Å²) in [5.41, 5.74) is 3.12. The summed E-state index contributed by atoms with van der Waals surface area (Å²) >= 11 is 1.34. The molecule has 2 amide bonds. The lowest BCUT2D eigenvalue weighted by molar-refractivity contribution is -0.124. The Hall–Kier alpha value is -2.25. The molecule has 0 saturated heterocycles. The van der Waals surface area contributed by atoms with Crippen LogP contribution in [0.15, 0.2) is 39.7 Å².